The van der Waals surface area contributed by atoms with Crippen LogP contribution in [0.4, 0.5) is 11.4 Å². The Morgan fingerprint density at radius 2 is 1.81 bits per heavy atom. The quantitative estimate of drug-likeness (QED) is 0.818. The van der Waals surface area contributed by atoms with Crippen molar-refractivity contribution in [1.82, 2.24) is 0 Å². The molecule has 0 bridgehead atoms. The molecule has 0 aliphatic heterocycles. The summed E-state index contributed by atoms with van der Waals surface area (Å²) in [7, 11) is -3.58. The normalized spacial score (nSPS) is 14.0. The molecule has 0 aromatic heterocycles. The van der Waals surface area contributed by atoms with Gasteiger partial charge in [0.25, 0.3) is 10.0 Å². The fraction of sp³-hybridized carbons (Fsp3) is 0.200. The number of nitrogens with two attached hydrogens (primary N) is 1. The molecule has 0 fully saturated rings. The number of anilines is 2. The second-order valence-electron chi connectivity index (χ2n) is 5.13. The highest BCUT2D eigenvalue weighted by atomic mass is 79.9. The summed E-state index contributed by atoms with van der Waals surface area (Å²) < 4.78 is 28.1. The maximum absolute atomic E-state index is 12.4. The van der Waals surface area contributed by atoms with Gasteiger partial charge in [0.1, 0.15) is 0 Å². The first-order chi connectivity index (χ1) is 9.95. The van der Waals surface area contributed by atoms with Crippen molar-refractivity contribution in [3.8, 4) is 0 Å². The predicted molar refractivity (Wildman–Crippen MR) is 87.8 cm³/mol. The van der Waals surface area contributed by atoms with E-state index in [1.165, 1.54) is 5.56 Å². The maximum Gasteiger partial charge on any atom is 0.261 e. The third kappa shape index (κ3) is 2.91. The Hall–Kier alpha value is -1.53. The fourth-order valence-electron chi connectivity index (χ4n) is 2.52. The summed E-state index contributed by atoms with van der Waals surface area (Å²) in [6.45, 7) is 0. The van der Waals surface area contributed by atoms with Gasteiger partial charge in [0.05, 0.1) is 10.6 Å². The molecule has 0 spiro atoms. The standard InChI is InChI=1S/C15H15BrN2O2S/c16-14-9-12(5-7-15(14)17)18-21(19,20)13-6-4-10-2-1-3-11(10)8-13/h4-9,18H,1-3,17H2. The number of hydrogen-bond donors (Lipinski definition) is 2. The molecule has 3 N–H and O–H groups in total. The summed E-state index contributed by atoms with van der Waals surface area (Å²) in [6, 6.07) is 10.3. The van der Waals surface area contributed by atoms with Crippen LogP contribution in [0.1, 0.15) is 17.5 Å². The molecule has 0 radical (unpaired) electrons. The van der Waals surface area contributed by atoms with E-state index in [4.69, 9.17) is 5.73 Å². The second kappa shape index (κ2) is 5.35. The summed E-state index contributed by atoms with van der Waals surface area (Å²) in [5, 5.41) is 0. The number of fused-ring (bicyclic) bond motifs is 1. The van der Waals surface area contributed by atoms with Crippen molar-refractivity contribution in [3.63, 3.8) is 0 Å². The van der Waals surface area contributed by atoms with Gasteiger partial charge in [-0.25, -0.2) is 8.42 Å². The van der Waals surface area contributed by atoms with Crippen molar-refractivity contribution in [2.24, 2.45) is 0 Å². The minimum absolute atomic E-state index is 0.302. The zero-order chi connectivity index (χ0) is 15.0. The van der Waals surface area contributed by atoms with Gasteiger partial charge in [-0.1, -0.05) is 6.07 Å². The van der Waals surface area contributed by atoms with Gasteiger partial charge in [-0.2, -0.15) is 0 Å². The van der Waals surface area contributed by atoms with Gasteiger partial charge in [-0.15, -0.1) is 0 Å². The zero-order valence-electron chi connectivity index (χ0n) is 11.3. The number of hydrogen-bond acceptors (Lipinski definition) is 3. The maximum atomic E-state index is 12.4. The third-order valence-electron chi connectivity index (χ3n) is 3.63. The van der Waals surface area contributed by atoms with E-state index in [0.717, 1.165) is 24.8 Å². The van der Waals surface area contributed by atoms with Gasteiger partial charge in [-0.3, -0.25) is 4.72 Å². The average Bonchev–Trinajstić information content (AvgIpc) is 2.90. The van der Waals surface area contributed by atoms with Crippen molar-refractivity contribution in [2.75, 3.05) is 10.5 Å². The van der Waals surface area contributed by atoms with Gasteiger partial charge in [-0.05, 0) is 76.7 Å². The van der Waals surface area contributed by atoms with E-state index < -0.39 is 10.0 Å². The first-order valence-electron chi connectivity index (χ1n) is 6.65. The van der Waals surface area contributed by atoms with Crippen LogP contribution in [0.25, 0.3) is 0 Å². The molecule has 3 rings (SSSR count). The highest BCUT2D eigenvalue weighted by Crippen LogP contribution is 2.27. The molecule has 0 saturated carbocycles. The molecule has 1 aliphatic carbocycles. The molecule has 0 amide bonds. The van der Waals surface area contributed by atoms with Crippen LogP contribution < -0.4 is 10.5 Å². The topological polar surface area (TPSA) is 72.2 Å². The van der Waals surface area contributed by atoms with Crippen molar-refractivity contribution >= 4 is 37.3 Å². The van der Waals surface area contributed by atoms with Gasteiger partial charge in [0, 0.05) is 10.2 Å². The smallest absolute Gasteiger partial charge is 0.261 e. The SMILES string of the molecule is Nc1ccc(NS(=O)(=O)c2ccc3c(c2)CCC3)cc1Br. The lowest BCUT2D eigenvalue weighted by Gasteiger charge is -2.10. The highest BCUT2D eigenvalue weighted by Gasteiger charge is 2.18. The Kier molecular flexibility index (Phi) is 3.67. The van der Waals surface area contributed by atoms with E-state index in [1.54, 1.807) is 30.3 Å². The molecule has 21 heavy (non-hydrogen) atoms. The minimum Gasteiger partial charge on any atom is -0.398 e. The minimum atomic E-state index is -3.58. The average molecular weight is 367 g/mol. The van der Waals surface area contributed by atoms with Crippen molar-refractivity contribution in [1.29, 1.82) is 0 Å². The highest BCUT2D eigenvalue weighted by molar-refractivity contribution is 9.10. The van der Waals surface area contributed by atoms with Crippen LogP contribution in [0.15, 0.2) is 45.8 Å². The summed E-state index contributed by atoms with van der Waals surface area (Å²) in [4.78, 5) is 0.302. The molecule has 0 saturated heterocycles. The molecule has 110 valence electrons. The molecule has 1 aliphatic rings. The van der Waals surface area contributed by atoms with E-state index in [0.29, 0.717) is 20.7 Å². The number of nitrogen functional groups attached to an aromatic ring is 1. The first-order valence-corrected chi connectivity index (χ1v) is 8.93. The largest absolute Gasteiger partial charge is 0.398 e. The van der Waals surface area contributed by atoms with Crippen LogP contribution in [0.2, 0.25) is 0 Å². The van der Waals surface area contributed by atoms with Gasteiger partial charge < -0.3 is 5.73 Å². The van der Waals surface area contributed by atoms with E-state index in [9.17, 15) is 8.42 Å². The lowest BCUT2D eigenvalue weighted by molar-refractivity contribution is 0.601. The Morgan fingerprint density at radius 3 is 2.57 bits per heavy atom. The number of halogens is 1. The van der Waals surface area contributed by atoms with Gasteiger partial charge >= 0.3 is 0 Å². The fourth-order valence-corrected chi connectivity index (χ4v) is 4.00. The predicted octanol–water partition coefficient (Wildman–Crippen LogP) is 3.32. The number of sulfonamides is 1. The Morgan fingerprint density at radius 1 is 1.05 bits per heavy atom. The second-order valence-corrected chi connectivity index (χ2v) is 7.66. The van der Waals surface area contributed by atoms with Crippen LogP contribution in [0.5, 0.6) is 0 Å². The Labute approximate surface area is 132 Å². The summed E-state index contributed by atoms with van der Waals surface area (Å²) in [6.07, 6.45) is 3.08. The first kappa shape index (κ1) is 14.4. The van der Waals surface area contributed by atoms with Crippen LogP contribution >= 0.6 is 15.9 Å². The van der Waals surface area contributed by atoms with E-state index >= 15 is 0 Å². The molecule has 0 heterocycles. The van der Waals surface area contributed by atoms with Crippen molar-refractivity contribution < 1.29 is 8.42 Å². The molecule has 4 nitrogen and oxygen atoms in total. The van der Waals surface area contributed by atoms with Gasteiger partial charge in [0.2, 0.25) is 0 Å². The molecule has 2 aromatic carbocycles. The molecule has 2 aromatic rings. The number of rotatable bonds is 3. The zero-order valence-corrected chi connectivity index (χ0v) is 13.7. The molecule has 0 atom stereocenters. The number of nitrogens with one attached hydrogen (secondary N) is 1. The van der Waals surface area contributed by atoms with E-state index in [1.807, 2.05) is 6.07 Å². The number of aryl methyl sites for hydroxylation is 2. The molecular weight excluding hydrogens is 352 g/mol. The molecular formula is C15H15BrN2O2S. The summed E-state index contributed by atoms with van der Waals surface area (Å²) in [5.41, 5.74) is 9.14. The summed E-state index contributed by atoms with van der Waals surface area (Å²) >= 11 is 3.29. The Balaban J connectivity index is 1.91. The molecule has 0 unspecified atom stereocenters. The Bertz CT molecular complexity index is 803. The van der Waals surface area contributed by atoms with Crippen LogP contribution in [0, 0.1) is 0 Å². The third-order valence-corrected chi connectivity index (χ3v) is 5.70. The van der Waals surface area contributed by atoms with E-state index in [-0.39, 0.29) is 0 Å². The van der Waals surface area contributed by atoms with Crippen molar-refractivity contribution in [3.05, 3.63) is 52.0 Å². The summed E-state index contributed by atoms with van der Waals surface area (Å²) in [5.74, 6) is 0. The van der Waals surface area contributed by atoms with Crippen LogP contribution in [-0.4, -0.2) is 8.42 Å². The lowest BCUT2D eigenvalue weighted by Crippen LogP contribution is -2.13. The van der Waals surface area contributed by atoms with Crippen LogP contribution in [-0.2, 0) is 22.9 Å². The van der Waals surface area contributed by atoms with E-state index in [2.05, 4.69) is 20.7 Å². The molecule has 6 heteroatoms. The van der Waals surface area contributed by atoms with Gasteiger partial charge in [0.15, 0.2) is 0 Å². The van der Waals surface area contributed by atoms with Crippen LogP contribution in [0.3, 0.4) is 0 Å². The lowest BCUT2D eigenvalue weighted by atomic mass is 10.1. The van der Waals surface area contributed by atoms with Crippen molar-refractivity contribution in [2.45, 2.75) is 24.2 Å². The number of benzene rings is 2. The monoisotopic (exact) mass is 366 g/mol.